The summed E-state index contributed by atoms with van der Waals surface area (Å²) < 4.78 is 0. The maximum absolute atomic E-state index is 5.43. The zero-order chi connectivity index (χ0) is 36.5. The number of nitrogens with zero attached hydrogens (tertiary/aromatic N) is 6. The topological polar surface area (TPSA) is 102 Å². The standard InChI is InChI=1S/C48H28N8/c1-2-10-26-18-34-33(17-25(26)9-1)41-49-42(34)54-44-37-21-29-13-5-6-14-30(29)22-38(37)46(51-44)56-48-40-24-32-16-8-7-15-31(32)23-39(40)47(52-48)55-45-36-20-28-12-4-3-11-27(28)19-35(36)43(50-45)53-41/h1-24,33,41,49H,(H,50,51,52,53,54,55,56). The Hall–Kier alpha value is -7.58. The van der Waals surface area contributed by atoms with Crippen LogP contribution in [0.3, 0.4) is 0 Å². The van der Waals surface area contributed by atoms with Crippen LogP contribution in [0.2, 0.25) is 0 Å². The van der Waals surface area contributed by atoms with E-state index in [-0.39, 0.29) is 12.1 Å². The third-order valence-electron chi connectivity index (χ3n) is 11.6. The second-order valence-electron chi connectivity index (χ2n) is 14.9. The lowest BCUT2D eigenvalue weighted by molar-refractivity contribution is 0.574. The number of hydrogen-bond acceptors (Lipinski definition) is 7. The monoisotopic (exact) mass is 716 g/mol. The van der Waals surface area contributed by atoms with Crippen LogP contribution in [-0.2, 0) is 0 Å². The lowest BCUT2D eigenvalue weighted by Gasteiger charge is -2.17. The molecule has 5 aliphatic rings. The Balaban J connectivity index is 1.15. The molecule has 2 unspecified atom stereocenters. The van der Waals surface area contributed by atoms with Crippen LogP contribution in [0.1, 0.15) is 22.3 Å². The van der Waals surface area contributed by atoms with Gasteiger partial charge in [-0.05, 0) is 85.2 Å². The van der Waals surface area contributed by atoms with Crippen LogP contribution in [0.25, 0.3) is 55.2 Å². The molecular weight excluding hydrogens is 689 g/mol. The van der Waals surface area contributed by atoms with Gasteiger partial charge in [0.25, 0.3) is 0 Å². The van der Waals surface area contributed by atoms with Crippen molar-refractivity contribution in [1.82, 2.24) is 10.3 Å². The van der Waals surface area contributed by atoms with Gasteiger partial charge in [-0.15, -0.1) is 0 Å². The first kappa shape index (κ1) is 29.8. The molecule has 8 heteroatoms. The largest absolute Gasteiger partial charge is 0.347 e. The Labute approximate surface area is 318 Å². The number of fused-ring (bicyclic) bond motifs is 21. The number of nitrogens with one attached hydrogen (secondary N) is 2. The molecule has 0 amide bonds. The number of hydrogen-bond donors (Lipinski definition) is 2. The molecule has 0 saturated carbocycles. The lowest BCUT2D eigenvalue weighted by Crippen LogP contribution is -2.33. The molecule has 8 bridgehead atoms. The van der Waals surface area contributed by atoms with Crippen LogP contribution in [0.15, 0.2) is 175 Å². The summed E-state index contributed by atoms with van der Waals surface area (Å²) in [6, 6.07) is 46.7. The first-order valence-corrected chi connectivity index (χ1v) is 18.9. The fourth-order valence-electron chi connectivity index (χ4n) is 8.87. The molecule has 4 aliphatic heterocycles. The predicted molar refractivity (Wildman–Crippen MR) is 224 cm³/mol. The summed E-state index contributed by atoms with van der Waals surface area (Å²) in [6.45, 7) is 0. The highest BCUT2D eigenvalue weighted by Crippen LogP contribution is 2.35. The van der Waals surface area contributed by atoms with Crippen LogP contribution in [0.5, 0.6) is 0 Å². The van der Waals surface area contributed by atoms with E-state index in [1.165, 1.54) is 5.22 Å². The Morgan fingerprint density at radius 2 is 0.875 bits per heavy atom. The molecule has 7 aromatic carbocycles. The van der Waals surface area contributed by atoms with Crippen molar-refractivity contribution in [3.8, 4) is 0 Å². The zero-order valence-corrected chi connectivity index (χ0v) is 29.7. The maximum Gasteiger partial charge on any atom is 0.164 e. The van der Waals surface area contributed by atoms with Crippen LogP contribution in [-0.4, -0.2) is 34.5 Å². The number of amidine groups is 4. The summed E-state index contributed by atoms with van der Waals surface area (Å²) in [6.07, 6.45) is 4.17. The van der Waals surface area contributed by atoms with Crippen LogP contribution >= 0.6 is 0 Å². The van der Waals surface area contributed by atoms with Gasteiger partial charge in [0.2, 0.25) is 0 Å². The molecule has 2 atom stereocenters. The number of aromatic nitrogens is 1. The summed E-state index contributed by atoms with van der Waals surface area (Å²) in [4.78, 5) is 35.5. The molecule has 8 nitrogen and oxygen atoms in total. The fourth-order valence-corrected chi connectivity index (χ4v) is 8.87. The minimum Gasteiger partial charge on any atom is -0.347 e. The molecule has 1 aliphatic carbocycles. The molecular formula is C48H28N8. The van der Waals surface area contributed by atoms with Gasteiger partial charge in [-0.25, -0.2) is 30.0 Å². The average molecular weight is 717 g/mol. The Morgan fingerprint density at radius 1 is 0.429 bits per heavy atom. The summed E-state index contributed by atoms with van der Waals surface area (Å²) in [7, 11) is 0. The number of aromatic amines is 1. The second-order valence-corrected chi connectivity index (χ2v) is 14.9. The normalized spacial score (nSPS) is 18.7. The molecule has 8 aromatic rings. The van der Waals surface area contributed by atoms with Gasteiger partial charge in [0.15, 0.2) is 23.3 Å². The van der Waals surface area contributed by atoms with Gasteiger partial charge in [0, 0.05) is 44.5 Å². The highest BCUT2D eigenvalue weighted by atomic mass is 15.2. The minimum absolute atomic E-state index is 0.0825. The van der Waals surface area contributed by atoms with E-state index in [0.717, 1.165) is 82.0 Å². The van der Waals surface area contributed by atoms with Gasteiger partial charge in [-0.1, -0.05) is 103 Å². The molecule has 56 heavy (non-hydrogen) atoms. The molecule has 0 spiro atoms. The van der Waals surface area contributed by atoms with E-state index in [9.17, 15) is 0 Å². The molecule has 0 fully saturated rings. The average Bonchev–Trinajstić information content (AvgIpc) is 3.95. The number of aliphatic imine (C=N–C) groups is 4. The van der Waals surface area contributed by atoms with E-state index >= 15 is 0 Å². The van der Waals surface area contributed by atoms with E-state index in [2.05, 4.69) is 156 Å². The molecule has 260 valence electrons. The van der Waals surface area contributed by atoms with E-state index in [1.807, 2.05) is 0 Å². The highest BCUT2D eigenvalue weighted by molar-refractivity contribution is 6.25. The molecule has 0 radical (unpaired) electrons. The van der Waals surface area contributed by atoms with Gasteiger partial charge in [0.05, 0.1) is 0 Å². The van der Waals surface area contributed by atoms with Crippen molar-refractivity contribution in [2.45, 2.75) is 6.17 Å². The predicted octanol–water partition coefficient (Wildman–Crippen LogP) is 6.33. The third kappa shape index (κ3) is 4.35. The highest BCUT2D eigenvalue weighted by Gasteiger charge is 2.36. The van der Waals surface area contributed by atoms with Crippen molar-refractivity contribution in [1.29, 1.82) is 0 Å². The molecule has 13 rings (SSSR count). The maximum atomic E-state index is 5.43. The quantitative estimate of drug-likeness (QED) is 0.189. The van der Waals surface area contributed by atoms with Crippen molar-refractivity contribution in [2.24, 2.45) is 35.9 Å². The Kier molecular flexibility index (Phi) is 5.85. The van der Waals surface area contributed by atoms with Crippen molar-refractivity contribution < 1.29 is 0 Å². The summed E-state index contributed by atoms with van der Waals surface area (Å²) in [5, 5.41) is 14.7. The number of benzene rings is 7. The Morgan fingerprint density at radius 3 is 1.43 bits per heavy atom. The van der Waals surface area contributed by atoms with Gasteiger partial charge in [0.1, 0.15) is 23.0 Å². The van der Waals surface area contributed by atoms with E-state index in [0.29, 0.717) is 34.3 Å². The van der Waals surface area contributed by atoms with Crippen LogP contribution < -0.4 is 26.7 Å². The molecule has 0 saturated heterocycles. The van der Waals surface area contributed by atoms with Crippen molar-refractivity contribution >= 4 is 78.6 Å². The van der Waals surface area contributed by atoms with Gasteiger partial charge < -0.3 is 10.3 Å². The number of H-pyrrole nitrogens is 1. The Bertz CT molecular complexity index is 3580. The van der Waals surface area contributed by atoms with Crippen molar-refractivity contribution in [3.63, 3.8) is 0 Å². The molecule has 5 heterocycles. The van der Waals surface area contributed by atoms with Gasteiger partial charge in [-0.3, -0.25) is 0 Å². The minimum atomic E-state index is -0.366. The fraction of sp³-hybridized carbons (Fsp3) is 0.0417. The first-order valence-electron chi connectivity index (χ1n) is 18.9. The first-order chi connectivity index (χ1) is 27.7. The van der Waals surface area contributed by atoms with Crippen LogP contribution in [0.4, 0.5) is 0 Å². The summed E-state index contributed by atoms with van der Waals surface area (Å²) in [5.74, 6) is 3.10. The van der Waals surface area contributed by atoms with Crippen molar-refractivity contribution in [3.05, 3.63) is 189 Å². The lowest BCUT2D eigenvalue weighted by atomic mass is 9.92. The van der Waals surface area contributed by atoms with Gasteiger partial charge >= 0.3 is 0 Å². The zero-order valence-electron chi connectivity index (χ0n) is 29.7. The SMILES string of the molecule is C1=c2ccccc2=CC2C1=C1N=C3N=C(N=c4[nH]c(c5cc6ccccc6cc45)=NC4=NC(=NC2N1)c1cc2ccccc2cc14)c1cc2ccccc2cc13. The van der Waals surface area contributed by atoms with E-state index in [1.54, 1.807) is 0 Å². The summed E-state index contributed by atoms with van der Waals surface area (Å²) in [5.41, 5.74) is 6.17. The van der Waals surface area contributed by atoms with Crippen LogP contribution in [0, 0.1) is 5.92 Å². The van der Waals surface area contributed by atoms with Crippen molar-refractivity contribution in [2.75, 3.05) is 0 Å². The number of rotatable bonds is 0. The summed E-state index contributed by atoms with van der Waals surface area (Å²) >= 11 is 0. The molecule has 2 N–H and O–H groups in total. The van der Waals surface area contributed by atoms with E-state index < -0.39 is 0 Å². The second kappa shape index (κ2) is 11.0. The smallest absolute Gasteiger partial charge is 0.164 e. The van der Waals surface area contributed by atoms with Gasteiger partial charge in [-0.2, -0.15) is 0 Å². The third-order valence-corrected chi connectivity index (χ3v) is 11.6. The van der Waals surface area contributed by atoms with E-state index in [4.69, 9.17) is 30.0 Å². The molecule has 1 aromatic heterocycles.